The molecule has 0 fully saturated rings. The van der Waals surface area contributed by atoms with Gasteiger partial charge in [0.15, 0.2) is 11.5 Å². The predicted octanol–water partition coefficient (Wildman–Crippen LogP) is 3.71. The number of aromatic hydroxyl groups is 2. The van der Waals surface area contributed by atoms with E-state index in [4.69, 9.17) is 0 Å². The van der Waals surface area contributed by atoms with Gasteiger partial charge in [-0.05, 0) is 40.6 Å². The van der Waals surface area contributed by atoms with Crippen LogP contribution in [-0.2, 0) is 0 Å². The molecule has 3 rings (SSSR count). The first-order valence-electron chi connectivity index (χ1n) is 5.50. The molecule has 2 N–H and O–H groups in total. The largest absolute Gasteiger partial charge is 0.504 e. The lowest BCUT2D eigenvalue weighted by Gasteiger charge is -2.06. The minimum Gasteiger partial charge on any atom is -0.504 e. The van der Waals surface area contributed by atoms with Gasteiger partial charge in [0.1, 0.15) is 0 Å². The van der Waals surface area contributed by atoms with E-state index >= 15 is 0 Å². The quantitative estimate of drug-likeness (QED) is 0.451. The molecule has 2 heteroatoms. The van der Waals surface area contributed by atoms with E-state index in [1.165, 1.54) is 5.56 Å². The highest BCUT2D eigenvalue weighted by Crippen LogP contribution is 2.34. The Morgan fingerprint density at radius 3 is 2.12 bits per heavy atom. The molecule has 0 saturated heterocycles. The van der Waals surface area contributed by atoms with E-state index in [-0.39, 0.29) is 11.5 Å². The molecule has 0 unspecified atom stereocenters. The summed E-state index contributed by atoms with van der Waals surface area (Å²) in [6, 6.07) is 13.4. The number of phenolic OH excluding ortho intramolecular Hbond substituents is 2. The number of hydrogen-bond donors (Lipinski definition) is 2. The van der Waals surface area contributed by atoms with Crippen molar-refractivity contribution in [3.8, 4) is 11.5 Å². The predicted molar refractivity (Wildman–Crippen MR) is 69.5 cm³/mol. The summed E-state index contributed by atoms with van der Waals surface area (Å²) in [5.74, 6) is -0.156. The Labute approximate surface area is 98.7 Å². The zero-order valence-corrected chi connectivity index (χ0v) is 9.44. The van der Waals surface area contributed by atoms with Crippen LogP contribution >= 0.6 is 0 Å². The topological polar surface area (TPSA) is 40.5 Å². The fraction of sp³-hybridized carbons (Fsp3) is 0.0667. The van der Waals surface area contributed by atoms with E-state index in [1.54, 1.807) is 12.1 Å². The molecule has 0 aliphatic rings. The lowest BCUT2D eigenvalue weighted by molar-refractivity contribution is 0.405. The molecule has 0 radical (unpaired) electrons. The van der Waals surface area contributed by atoms with Gasteiger partial charge >= 0.3 is 0 Å². The van der Waals surface area contributed by atoms with Crippen molar-refractivity contribution in [2.75, 3.05) is 0 Å². The molecule has 0 amide bonds. The van der Waals surface area contributed by atoms with Gasteiger partial charge in [-0.1, -0.05) is 35.9 Å². The molecule has 3 aromatic rings. The number of aryl methyl sites for hydroxylation is 1. The average molecular weight is 224 g/mol. The van der Waals surface area contributed by atoms with Crippen LogP contribution in [0.3, 0.4) is 0 Å². The van der Waals surface area contributed by atoms with Gasteiger partial charge in [0.05, 0.1) is 0 Å². The van der Waals surface area contributed by atoms with Crippen molar-refractivity contribution in [3.05, 3.63) is 48.0 Å². The third-order valence-corrected chi connectivity index (χ3v) is 3.09. The third kappa shape index (κ3) is 1.49. The van der Waals surface area contributed by atoms with Crippen molar-refractivity contribution in [2.24, 2.45) is 0 Å². The lowest BCUT2D eigenvalue weighted by Crippen LogP contribution is -1.80. The van der Waals surface area contributed by atoms with Gasteiger partial charge < -0.3 is 10.2 Å². The zero-order valence-electron chi connectivity index (χ0n) is 9.44. The number of phenols is 2. The molecule has 0 bridgehead atoms. The second-order valence-corrected chi connectivity index (χ2v) is 4.35. The summed E-state index contributed by atoms with van der Waals surface area (Å²) >= 11 is 0. The molecule has 0 aliphatic carbocycles. The summed E-state index contributed by atoms with van der Waals surface area (Å²) < 4.78 is 0. The first-order valence-corrected chi connectivity index (χ1v) is 5.50. The summed E-state index contributed by atoms with van der Waals surface area (Å²) in [6.07, 6.45) is 0. The molecule has 0 aromatic heterocycles. The van der Waals surface area contributed by atoms with Gasteiger partial charge in [0, 0.05) is 0 Å². The number of hydrogen-bond acceptors (Lipinski definition) is 2. The molecule has 3 aromatic carbocycles. The molecule has 84 valence electrons. The van der Waals surface area contributed by atoms with Gasteiger partial charge in [-0.15, -0.1) is 0 Å². The highest BCUT2D eigenvalue weighted by Gasteiger charge is 2.05. The smallest absolute Gasteiger partial charge is 0.158 e. The van der Waals surface area contributed by atoms with Crippen LogP contribution in [0, 0.1) is 6.92 Å². The number of benzene rings is 3. The fourth-order valence-corrected chi connectivity index (χ4v) is 2.19. The van der Waals surface area contributed by atoms with Crippen LogP contribution in [0.2, 0.25) is 0 Å². The van der Waals surface area contributed by atoms with Crippen LogP contribution in [-0.4, -0.2) is 10.2 Å². The van der Waals surface area contributed by atoms with Crippen molar-refractivity contribution in [2.45, 2.75) is 6.92 Å². The minimum absolute atomic E-state index is 0.0773. The van der Waals surface area contributed by atoms with Crippen LogP contribution in [0.25, 0.3) is 21.5 Å². The van der Waals surface area contributed by atoms with E-state index < -0.39 is 0 Å². The van der Waals surface area contributed by atoms with Crippen LogP contribution in [0.15, 0.2) is 42.5 Å². The summed E-state index contributed by atoms with van der Waals surface area (Å²) in [7, 11) is 0. The third-order valence-electron chi connectivity index (χ3n) is 3.09. The molecular weight excluding hydrogens is 212 g/mol. The lowest BCUT2D eigenvalue weighted by atomic mass is 10.00. The summed E-state index contributed by atoms with van der Waals surface area (Å²) in [4.78, 5) is 0. The molecule has 17 heavy (non-hydrogen) atoms. The fourth-order valence-electron chi connectivity index (χ4n) is 2.19. The summed E-state index contributed by atoms with van der Waals surface area (Å²) in [5, 5.41) is 23.2. The maximum atomic E-state index is 9.60. The Balaban J connectivity index is 2.53. The van der Waals surface area contributed by atoms with Gasteiger partial charge in [0.2, 0.25) is 0 Å². The highest BCUT2D eigenvalue weighted by atomic mass is 16.3. The van der Waals surface area contributed by atoms with Crippen LogP contribution in [0.5, 0.6) is 11.5 Å². The van der Waals surface area contributed by atoms with Crippen molar-refractivity contribution in [1.82, 2.24) is 0 Å². The van der Waals surface area contributed by atoms with E-state index in [0.29, 0.717) is 0 Å². The maximum Gasteiger partial charge on any atom is 0.158 e. The van der Waals surface area contributed by atoms with Crippen molar-refractivity contribution < 1.29 is 10.2 Å². The highest BCUT2D eigenvalue weighted by molar-refractivity contribution is 6.08. The standard InChI is InChI=1S/C15H12O2/c1-9-2-3-10-4-5-11-7-14(16)15(17)8-13(11)12(10)6-9/h2-8,16-17H,1H3. The number of rotatable bonds is 0. The maximum absolute atomic E-state index is 9.60. The van der Waals surface area contributed by atoms with Gasteiger partial charge in [0.25, 0.3) is 0 Å². The Morgan fingerprint density at radius 1 is 0.706 bits per heavy atom. The summed E-state index contributed by atoms with van der Waals surface area (Å²) in [5.41, 5.74) is 1.18. The van der Waals surface area contributed by atoms with Gasteiger partial charge in [-0.25, -0.2) is 0 Å². The average Bonchev–Trinajstić information content (AvgIpc) is 2.31. The second kappa shape index (κ2) is 3.39. The van der Waals surface area contributed by atoms with Crippen molar-refractivity contribution in [1.29, 1.82) is 0 Å². The van der Waals surface area contributed by atoms with Crippen LogP contribution < -0.4 is 0 Å². The van der Waals surface area contributed by atoms with Crippen molar-refractivity contribution in [3.63, 3.8) is 0 Å². The number of fused-ring (bicyclic) bond motifs is 3. The van der Waals surface area contributed by atoms with E-state index in [0.717, 1.165) is 21.5 Å². The monoisotopic (exact) mass is 224 g/mol. The Kier molecular flexibility index (Phi) is 1.99. The Hall–Kier alpha value is -2.22. The molecular formula is C15H12O2. The first kappa shape index (κ1) is 9.97. The van der Waals surface area contributed by atoms with Gasteiger partial charge in [-0.2, -0.15) is 0 Å². The molecule has 0 atom stereocenters. The normalized spacial score (nSPS) is 11.1. The van der Waals surface area contributed by atoms with E-state index in [1.807, 2.05) is 19.1 Å². The SMILES string of the molecule is Cc1ccc2ccc3cc(O)c(O)cc3c2c1. The second-order valence-electron chi connectivity index (χ2n) is 4.35. The van der Waals surface area contributed by atoms with Gasteiger partial charge in [-0.3, -0.25) is 0 Å². The van der Waals surface area contributed by atoms with Crippen LogP contribution in [0.4, 0.5) is 0 Å². The van der Waals surface area contributed by atoms with E-state index in [9.17, 15) is 10.2 Å². The molecule has 0 aliphatic heterocycles. The van der Waals surface area contributed by atoms with Crippen molar-refractivity contribution >= 4 is 21.5 Å². The summed E-state index contributed by atoms with van der Waals surface area (Å²) in [6.45, 7) is 2.04. The Morgan fingerprint density at radius 2 is 1.29 bits per heavy atom. The minimum atomic E-state index is -0.0792. The molecule has 2 nitrogen and oxygen atoms in total. The molecule has 0 heterocycles. The zero-order chi connectivity index (χ0) is 12.0. The van der Waals surface area contributed by atoms with E-state index in [2.05, 4.69) is 18.2 Å². The molecule has 0 saturated carbocycles. The van der Waals surface area contributed by atoms with Crippen LogP contribution in [0.1, 0.15) is 5.56 Å². The Bertz CT molecular complexity index is 730. The molecule has 0 spiro atoms. The first-order chi connectivity index (χ1) is 8.15.